The first-order valence-corrected chi connectivity index (χ1v) is 9.30. The van der Waals surface area contributed by atoms with E-state index >= 15 is 0 Å². The Balaban J connectivity index is 1.30. The number of rotatable bonds is 6. The lowest BCUT2D eigenvalue weighted by atomic mass is 10.1. The fourth-order valence-corrected chi connectivity index (χ4v) is 3.11. The molecule has 0 saturated carbocycles. The fraction of sp³-hybridized carbons (Fsp3) is 0.125. The van der Waals surface area contributed by atoms with E-state index in [9.17, 15) is 4.79 Å². The second kappa shape index (κ2) is 8.44. The summed E-state index contributed by atoms with van der Waals surface area (Å²) in [5.41, 5.74) is 2.08. The third kappa shape index (κ3) is 4.60. The van der Waals surface area contributed by atoms with Gasteiger partial charge in [0.25, 0.3) is 0 Å². The van der Waals surface area contributed by atoms with Crippen molar-refractivity contribution in [2.24, 2.45) is 0 Å². The largest absolute Gasteiger partial charge is 0.488 e. The lowest BCUT2D eigenvalue weighted by molar-refractivity contribution is -0.116. The molecule has 140 valence electrons. The zero-order chi connectivity index (χ0) is 19.2. The van der Waals surface area contributed by atoms with Crippen molar-refractivity contribution < 1.29 is 14.3 Å². The van der Waals surface area contributed by atoms with Gasteiger partial charge in [-0.1, -0.05) is 48.5 Å². The van der Waals surface area contributed by atoms with Gasteiger partial charge in [0.2, 0.25) is 5.91 Å². The van der Waals surface area contributed by atoms with E-state index in [0.29, 0.717) is 6.54 Å². The standard InChI is InChI=1S/C24H21NO3/c26-24(14-11-18-7-3-1-4-8-18)25-17-22-16-19-15-21(12-13-23(19)28-22)27-20-9-5-2-6-10-20/h1-15,22H,16-17H2,(H,25,26). The number of fused-ring (bicyclic) bond motifs is 1. The molecule has 0 radical (unpaired) electrons. The van der Waals surface area contributed by atoms with Crippen LogP contribution in [0.2, 0.25) is 0 Å². The van der Waals surface area contributed by atoms with Gasteiger partial charge in [-0.3, -0.25) is 4.79 Å². The Kier molecular flexibility index (Phi) is 5.38. The smallest absolute Gasteiger partial charge is 0.244 e. The van der Waals surface area contributed by atoms with Crippen LogP contribution >= 0.6 is 0 Å². The van der Waals surface area contributed by atoms with Crippen molar-refractivity contribution in [3.05, 3.63) is 96.1 Å². The maximum Gasteiger partial charge on any atom is 0.244 e. The van der Waals surface area contributed by atoms with E-state index in [1.54, 1.807) is 12.2 Å². The Bertz CT molecular complexity index is 968. The van der Waals surface area contributed by atoms with E-state index in [-0.39, 0.29) is 12.0 Å². The summed E-state index contributed by atoms with van der Waals surface area (Å²) < 4.78 is 11.8. The zero-order valence-electron chi connectivity index (χ0n) is 15.4. The molecule has 1 unspecified atom stereocenters. The summed E-state index contributed by atoms with van der Waals surface area (Å²) >= 11 is 0. The van der Waals surface area contributed by atoms with Gasteiger partial charge in [0.05, 0.1) is 6.54 Å². The summed E-state index contributed by atoms with van der Waals surface area (Å²) in [6.07, 6.45) is 4.01. The lowest BCUT2D eigenvalue weighted by Crippen LogP contribution is -2.33. The van der Waals surface area contributed by atoms with Crippen LogP contribution in [0.4, 0.5) is 0 Å². The summed E-state index contributed by atoms with van der Waals surface area (Å²) in [7, 11) is 0. The first kappa shape index (κ1) is 17.9. The van der Waals surface area contributed by atoms with E-state index in [1.807, 2.05) is 78.9 Å². The molecule has 1 atom stereocenters. The maximum atomic E-state index is 12.0. The molecule has 0 fully saturated rings. The number of benzene rings is 3. The van der Waals surface area contributed by atoms with Crippen LogP contribution < -0.4 is 14.8 Å². The monoisotopic (exact) mass is 371 g/mol. The molecule has 4 rings (SSSR count). The number of nitrogens with one attached hydrogen (secondary N) is 1. The van der Waals surface area contributed by atoms with Crippen molar-refractivity contribution in [3.8, 4) is 17.2 Å². The first-order chi connectivity index (χ1) is 13.8. The molecule has 1 aliphatic heterocycles. The number of ether oxygens (including phenoxy) is 2. The Morgan fingerprint density at radius 3 is 2.54 bits per heavy atom. The molecule has 4 nitrogen and oxygen atoms in total. The van der Waals surface area contributed by atoms with Gasteiger partial charge in [-0.05, 0) is 42.0 Å². The van der Waals surface area contributed by atoms with Crippen molar-refractivity contribution in [2.45, 2.75) is 12.5 Å². The molecule has 1 amide bonds. The normalized spacial score (nSPS) is 15.1. The Hall–Kier alpha value is -3.53. The highest BCUT2D eigenvalue weighted by molar-refractivity contribution is 5.91. The molecule has 0 spiro atoms. The Labute approximate surface area is 164 Å². The van der Waals surface area contributed by atoms with Gasteiger partial charge in [-0.2, -0.15) is 0 Å². The number of amides is 1. The number of hydrogen-bond acceptors (Lipinski definition) is 3. The third-order valence-electron chi connectivity index (χ3n) is 4.48. The molecule has 1 heterocycles. The van der Waals surface area contributed by atoms with Crippen LogP contribution in [-0.4, -0.2) is 18.6 Å². The minimum absolute atomic E-state index is 0.0731. The summed E-state index contributed by atoms with van der Waals surface area (Å²) in [5.74, 6) is 2.30. The predicted molar refractivity (Wildman–Crippen MR) is 110 cm³/mol. The van der Waals surface area contributed by atoms with Crippen molar-refractivity contribution in [3.63, 3.8) is 0 Å². The minimum Gasteiger partial charge on any atom is -0.488 e. The molecule has 0 aliphatic carbocycles. The maximum absolute atomic E-state index is 12.0. The molecule has 4 heteroatoms. The fourth-order valence-electron chi connectivity index (χ4n) is 3.11. The summed E-state index contributed by atoms with van der Waals surface area (Å²) in [6, 6.07) is 25.2. The third-order valence-corrected chi connectivity index (χ3v) is 4.48. The summed E-state index contributed by atoms with van der Waals surface area (Å²) in [6.45, 7) is 0.460. The number of para-hydroxylation sites is 1. The van der Waals surface area contributed by atoms with Crippen molar-refractivity contribution in [1.29, 1.82) is 0 Å². The van der Waals surface area contributed by atoms with Gasteiger partial charge >= 0.3 is 0 Å². The van der Waals surface area contributed by atoms with Crippen LogP contribution in [0.3, 0.4) is 0 Å². The molecule has 28 heavy (non-hydrogen) atoms. The minimum atomic E-state index is -0.128. The van der Waals surface area contributed by atoms with Gasteiger partial charge in [0, 0.05) is 18.1 Å². The van der Waals surface area contributed by atoms with Crippen LogP contribution in [0.1, 0.15) is 11.1 Å². The van der Waals surface area contributed by atoms with Gasteiger partial charge < -0.3 is 14.8 Å². The number of carbonyl (C=O) groups excluding carboxylic acids is 1. The van der Waals surface area contributed by atoms with Crippen LogP contribution in [0.15, 0.2) is 84.9 Å². The Morgan fingerprint density at radius 2 is 1.75 bits per heavy atom. The van der Waals surface area contributed by atoms with Crippen LogP contribution in [0.25, 0.3) is 6.08 Å². The van der Waals surface area contributed by atoms with Gasteiger partial charge in [-0.15, -0.1) is 0 Å². The molecule has 3 aromatic carbocycles. The van der Waals surface area contributed by atoms with Crippen LogP contribution in [0.5, 0.6) is 17.2 Å². The van der Waals surface area contributed by atoms with Crippen LogP contribution in [0, 0.1) is 0 Å². The number of carbonyl (C=O) groups is 1. The first-order valence-electron chi connectivity index (χ1n) is 9.30. The molecule has 1 aliphatic rings. The van der Waals surface area contributed by atoms with E-state index in [1.165, 1.54) is 0 Å². The van der Waals surface area contributed by atoms with Gasteiger partial charge in [0.1, 0.15) is 23.4 Å². The molecule has 0 saturated heterocycles. The van der Waals surface area contributed by atoms with E-state index in [2.05, 4.69) is 5.32 Å². The Morgan fingerprint density at radius 1 is 1.00 bits per heavy atom. The molecule has 0 bridgehead atoms. The second-order valence-corrected chi connectivity index (χ2v) is 6.62. The molecule has 0 aromatic heterocycles. The summed E-state index contributed by atoms with van der Waals surface area (Å²) in [5, 5.41) is 2.90. The van der Waals surface area contributed by atoms with Crippen molar-refractivity contribution >= 4 is 12.0 Å². The highest BCUT2D eigenvalue weighted by Gasteiger charge is 2.23. The lowest BCUT2D eigenvalue weighted by Gasteiger charge is -2.10. The summed E-state index contributed by atoms with van der Waals surface area (Å²) in [4.78, 5) is 12.0. The quantitative estimate of drug-likeness (QED) is 0.644. The average molecular weight is 371 g/mol. The van der Waals surface area contributed by atoms with Gasteiger partial charge in [-0.25, -0.2) is 0 Å². The predicted octanol–water partition coefficient (Wildman–Crippen LogP) is 4.61. The SMILES string of the molecule is O=C(C=Cc1ccccc1)NCC1Cc2cc(Oc3ccccc3)ccc2O1. The molecule has 3 aromatic rings. The average Bonchev–Trinajstić information content (AvgIpc) is 3.14. The van der Waals surface area contributed by atoms with E-state index < -0.39 is 0 Å². The van der Waals surface area contributed by atoms with Gasteiger partial charge in [0.15, 0.2) is 0 Å². The van der Waals surface area contributed by atoms with Crippen molar-refractivity contribution in [1.82, 2.24) is 5.32 Å². The molecular weight excluding hydrogens is 350 g/mol. The van der Waals surface area contributed by atoms with E-state index in [0.717, 1.165) is 34.8 Å². The zero-order valence-corrected chi connectivity index (χ0v) is 15.4. The van der Waals surface area contributed by atoms with E-state index in [4.69, 9.17) is 9.47 Å². The second-order valence-electron chi connectivity index (χ2n) is 6.62. The highest BCUT2D eigenvalue weighted by Crippen LogP contribution is 2.33. The van der Waals surface area contributed by atoms with Crippen molar-refractivity contribution in [2.75, 3.05) is 6.54 Å². The number of hydrogen-bond donors (Lipinski definition) is 1. The molecule has 1 N–H and O–H groups in total. The topological polar surface area (TPSA) is 47.6 Å². The van der Waals surface area contributed by atoms with Crippen LogP contribution in [-0.2, 0) is 11.2 Å². The molecular formula is C24H21NO3. The highest BCUT2D eigenvalue weighted by atomic mass is 16.5.